The number of anilines is 1. The monoisotopic (exact) mass is 350 g/mol. The van der Waals surface area contributed by atoms with Crippen molar-refractivity contribution < 1.29 is 4.79 Å². The second-order valence-corrected chi connectivity index (χ2v) is 8.47. The van der Waals surface area contributed by atoms with E-state index in [1.54, 1.807) is 4.90 Å². The maximum absolute atomic E-state index is 12.2. The number of carbonyl (C=O) groups is 1. The molecule has 0 saturated heterocycles. The third-order valence-electron chi connectivity index (χ3n) is 2.90. The topological polar surface area (TPSA) is 58.1 Å². The molecule has 1 aromatic carbocycles. The average Bonchev–Trinajstić information content (AvgIpc) is 2.91. The van der Waals surface area contributed by atoms with Gasteiger partial charge in [0, 0.05) is 19.1 Å². The van der Waals surface area contributed by atoms with Gasteiger partial charge in [-0.05, 0) is 26.3 Å². The van der Waals surface area contributed by atoms with E-state index in [2.05, 4.69) is 36.3 Å². The average molecular weight is 351 g/mol. The van der Waals surface area contributed by atoms with E-state index in [-0.39, 0.29) is 11.4 Å². The molecule has 0 aliphatic heterocycles. The van der Waals surface area contributed by atoms with Crippen molar-refractivity contribution in [2.24, 2.45) is 0 Å². The number of nitrogens with zero attached hydrogens (tertiary/aromatic N) is 3. The number of thioether (sulfide) groups is 1. The van der Waals surface area contributed by atoms with Crippen LogP contribution in [0.5, 0.6) is 0 Å². The van der Waals surface area contributed by atoms with Crippen molar-refractivity contribution in [1.82, 2.24) is 15.1 Å². The summed E-state index contributed by atoms with van der Waals surface area (Å²) < 4.78 is 0.804. The summed E-state index contributed by atoms with van der Waals surface area (Å²) in [5, 5.41) is 12.3. The lowest BCUT2D eigenvalue weighted by Crippen LogP contribution is -2.27. The molecule has 5 nitrogen and oxygen atoms in total. The van der Waals surface area contributed by atoms with Gasteiger partial charge in [-0.25, -0.2) is 0 Å². The van der Waals surface area contributed by atoms with E-state index in [0.29, 0.717) is 12.3 Å². The van der Waals surface area contributed by atoms with E-state index in [0.717, 1.165) is 15.0 Å². The van der Waals surface area contributed by atoms with Crippen molar-refractivity contribution in [2.45, 2.75) is 37.2 Å². The van der Waals surface area contributed by atoms with Crippen LogP contribution in [0.15, 0.2) is 34.7 Å². The van der Waals surface area contributed by atoms with Crippen LogP contribution in [0.4, 0.5) is 5.13 Å². The molecule has 0 atom stereocenters. The molecule has 7 heteroatoms. The highest BCUT2D eigenvalue weighted by Gasteiger charge is 2.15. The fourth-order valence-corrected chi connectivity index (χ4v) is 3.72. The number of amides is 1. The van der Waals surface area contributed by atoms with E-state index in [9.17, 15) is 4.79 Å². The molecule has 0 saturated carbocycles. The summed E-state index contributed by atoms with van der Waals surface area (Å²) in [6, 6.07) is 9.97. The van der Waals surface area contributed by atoms with E-state index in [1.807, 2.05) is 37.4 Å². The Morgan fingerprint density at radius 1 is 1.26 bits per heavy atom. The second kappa shape index (κ2) is 7.79. The minimum atomic E-state index is -0.0484. The Morgan fingerprint density at radius 3 is 2.61 bits per heavy atom. The first-order chi connectivity index (χ1) is 10.8. The van der Waals surface area contributed by atoms with Gasteiger partial charge in [-0.15, -0.1) is 10.2 Å². The van der Waals surface area contributed by atoms with Crippen LogP contribution in [0.1, 0.15) is 26.3 Å². The molecular weight excluding hydrogens is 328 g/mol. The van der Waals surface area contributed by atoms with Crippen LogP contribution in [0, 0.1) is 0 Å². The third-order valence-corrected chi connectivity index (χ3v) is 4.85. The Bertz CT molecular complexity index is 637. The molecule has 2 aromatic rings. The number of benzene rings is 1. The van der Waals surface area contributed by atoms with Gasteiger partial charge in [-0.3, -0.25) is 4.79 Å². The molecule has 23 heavy (non-hydrogen) atoms. The van der Waals surface area contributed by atoms with Gasteiger partial charge >= 0.3 is 0 Å². The minimum absolute atomic E-state index is 0.0484. The first-order valence-corrected chi connectivity index (χ1v) is 9.16. The number of rotatable bonds is 6. The van der Waals surface area contributed by atoms with E-state index >= 15 is 0 Å². The van der Waals surface area contributed by atoms with E-state index in [4.69, 9.17) is 0 Å². The van der Waals surface area contributed by atoms with Gasteiger partial charge in [0.1, 0.15) is 0 Å². The third kappa shape index (κ3) is 6.19. The van der Waals surface area contributed by atoms with Gasteiger partial charge in [-0.1, -0.05) is 53.4 Å². The minimum Gasteiger partial charge on any atom is -0.355 e. The summed E-state index contributed by atoms with van der Waals surface area (Å²) in [5.74, 6) is 0.451. The Morgan fingerprint density at radius 2 is 1.96 bits per heavy atom. The quantitative estimate of drug-likeness (QED) is 0.808. The standard InChI is InChI=1S/C16H22N4OS2/c1-16(2,3)17-14-18-19-15(23-14)22-11-13(21)20(4)10-12-8-6-5-7-9-12/h5-9H,10-11H2,1-4H3,(H,17,18). The first kappa shape index (κ1) is 17.7. The smallest absolute Gasteiger partial charge is 0.233 e. The van der Waals surface area contributed by atoms with Crippen molar-refractivity contribution in [2.75, 3.05) is 18.1 Å². The molecule has 1 aromatic heterocycles. The number of carbonyl (C=O) groups excluding carboxylic acids is 1. The van der Waals surface area contributed by atoms with Crippen molar-refractivity contribution in [3.63, 3.8) is 0 Å². The number of hydrogen-bond donors (Lipinski definition) is 1. The number of nitrogens with one attached hydrogen (secondary N) is 1. The molecule has 0 radical (unpaired) electrons. The maximum atomic E-state index is 12.2. The SMILES string of the molecule is CN(Cc1ccccc1)C(=O)CSc1nnc(NC(C)(C)C)s1. The molecule has 1 N–H and O–H groups in total. The summed E-state index contributed by atoms with van der Waals surface area (Å²) in [7, 11) is 1.82. The molecule has 0 bridgehead atoms. The molecule has 0 unspecified atom stereocenters. The predicted molar refractivity (Wildman–Crippen MR) is 96.9 cm³/mol. The van der Waals surface area contributed by atoms with Crippen LogP contribution in [0.3, 0.4) is 0 Å². The van der Waals surface area contributed by atoms with Crippen molar-refractivity contribution in [1.29, 1.82) is 0 Å². The van der Waals surface area contributed by atoms with Crippen LogP contribution in [-0.4, -0.2) is 39.3 Å². The van der Waals surface area contributed by atoms with Crippen molar-refractivity contribution >= 4 is 34.1 Å². The molecule has 1 heterocycles. The van der Waals surface area contributed by atoms with Crippen molar-refractivity contribution in [3.8, 4) is 0 Å². The van der Waals surface area contributed by atoms with Crippen LogP contribution in [-0.2, 0) is 11.3 Å². The number of hydrogen-bond acceptors (Lipinski definition) is 6. The van der Waals surface area contributed by atoms with Crippen molar-refractivity contribution in [3.05, 3.63) is 35.9 Å². The first-order valence-electron chi connectivity index (χ1n) is 7.36. The normalized spacial score (nSPS) is 11.3. The summed E-state index contributed by atoms with van der Waals surface area (Å²) in [4.78, 5) is 13.9. The number of aromatic nitrogens is 2. The molecule has 0 fully saturated rings. The zero-order chi connectivity index (χ0) is 16.9. The Kier molecular flexibility index (Phi) is 6.01. The van der Waals surface area contributed by atoms with Gasteiger partial charge in [-0.2, -0.15) is 0 Å². The highest BCUT2D eigenvalue weighted by atomic mass is 32.2. The lowest BCUT2D eigenvalue weighted by molar-refractivity contribution is -0.127. The fourth-order valence-electron chi connectivity index (χ4n) is 1.82. The van der Waals surface area contributed by atoms with Gasteiger partial charge < -0.3 is 10.2 Å². The summed E-state index contributed by atoms with van der Waals surface area (Å²) in [6.45, 7) is 6.84. The molecule has 1 amide bonds. The van der Waals surface area contributed by atoms with Crippen LogP contribution < -0.4 is 5.32 Å². The summed E-state index contributed by atoms with van der Waals surface area (Å²) in [5.41, 5.74) is 1.08. The molecule has 0 spiro atoms. The highest BCUT2D eigenvalue weighted by molar-refractivity contribution is 8.01. The molecular formula is C16H22N4OS2. The van der Waals surface area contributed by atoms with E-state index < -0.39 is 0 Å². The predicted octanol–water partition coefficient (Wildman–Crippen LogP) is 3.50. The largest absolute Gasteiger partial charge is 0.355 e. The van der Waals surface area contributed by atoms with Gasteiger partial charge in [0.2, 0.25) is 11.0 Å². The van der Waals surface area contributed by atoms with E-state index in [1.165, 1.54) is 23.1 Å². The molecule has 2 rings (SSSR count). The van der Waals surface area contributed by atoms with Crippen LogP contribution >= 0.6 is 23.1 Å². The van der Waals surface area contributed by atoms with Gasteiger partial charge in [0.25, 0.3) is 0 Å². The summed E-state index contributed by atoms with van der Waals surface area (Å²) in [6.07, 6.45) is 0. The molecule has 0 aliphatic rings. The second-order valence-electron chi connectivity index (χ2n) is 6.27. The molecule has 124 valence electrons. The van der Waals surface area contributed by atoms with Gasteiger partial charge in [0.15, 0.2) is 4.34 Å². The lowest BCUT2D eigenvalue weighted by atomic mass is 10.1. The van der Waals surface area contributed by atoms with Crippen LogP contribution in [0.25, 0.3) is 0 Å². The van der Waals surface area contributed by atoms with Gasteiger partial charge in [0.05, 0.1) is 5.75 Å². The Hall–Kier alpha value is -1.60. The summed E-state index contributed by atoms with van der Waals surface area (Å²) >= 11 is 2.90. The lowest BCUT2D eigenvalue weighted by Gasteiger charge is -2.18. The zero-order valence-corrected chi connectivity index (χ0v) is 15.5. The highest BCUT2D eigenvalue weighted by Crippen LogP contribution is 2.27. The Labute approximate surface area is 145 Å². The van der Waals surface area contributed by atoms with Crippen LogP contribution in [0.2, 0.25) is 0 Å². The molecule has 0 aliphatic carbocycles. The zero-order valence-electron chi connectivity index (χ0n) is 13.9. The fraction of sp³-hybridized carbons (Fsp3) is 0.438. The maximum Gasteiger partial charge on any atom is 0.233 e. The Balaban J connectivity index is 1.82.